The van der Waals surface area contributed by atoms with E-state index in [9.17, 15) is 10.1 Å². The number of likely N-dealkylation sites (tertiary alicyclic amines) is 1. The third-order valence-corrected chi connectivity index (χ3v) is 4.17. The van der Waals surface area contributed by atoms with Crippen molar-refractivity contribution >= 4 is 17.3 Å². The third kappa shape index (κ3) is 3.67. The van der Waals surface area contributed by atoms with Gasteiger partial charge in [-0.3, -0.25) is 15.0 Å². The number of benzene rings is 1. The maximum absolute atomic E-state index is 10.8. The van der Waals surface area contributed by atoms with Gasteiger partial charge in [0.2, 0.25) is 0 Å². The van der Waals surface area contributed by atoms with E-state index in [0.29, 0.717) is 6.04 Å². The van der Waals surface area contributed by atoms with Gasteiger partial charge in [-0.25, -0.2) is 0 Å². The van der Waals surface area contributed by atoms with Gasteiger partial charge >= 0.3 is 0 Å². The molecule has 0 aromatic heterocycles. The number of rotatable bonds is 4. The molecule has 19 heavy (non-hydrogen) atoms. The molecule has 2 unspecified atom stereocenters. The second-order valence-electron chi connectivity index (χ2n) is 5.16. The summed E-state index contributed by atoms with van der Waals surface area (Å²) in [4.78, 5) is 12.8. The van der Waals surface area contributed by atoms with Crippen LogP contribution in [0.25, 0.3) is 0 Å². The molecule has 5 heteroatoms. The molecule has 1 aromatic rings. The summed E-state index contributed by atoms with van der Waals surface area (Å²) in [6.07, 6.45) is 3.70. The average Bonchev–Trinajstić information content (AvgIpc) is 2.41. The maximum Gasteiger partial charge on any atom is 0.269 e. The molecule has 0 radical (unpaired) electrons. The number of nitro groups is 1. The molecule has 1 aromatic carbocycles. The molecule has 104 valence electrons. The average molecular weight is 283 g/mol. The summed E-state index contributed by atoms with van der Waals surface area (Å²) < 4.78 is 0. The van der Waals surface area contributed by atoms with E-state index in [1.165, 1.54) is 25.3 Å². The highest BCUT2D eigenvalue weighted by Crippen LogP contribution is 2.27. The van der Waals surface area contributed by atoms with E-state index in [1.54, 1.807) is 12.1 Å². The Balaban J connectivity index is 2.04. The molecule has 0 aliphatic carbocycles. The summed E-state index contributed by atoms with van der Waals surface area (Å²) in [5.74, 6) is 0. The van der Waals surface area contributed by atoms with Gasteiger partial charge in [0.15, 0.2) is 0 Å². The van der Waals surface area contributed by atoms with Crippen molar-refractivity contribution in [3.05, 3.63) is 39.9 Å². The van der Waals surface area contributed by atoms with Crippen molar-refractivity contribution in [3.8, 4) is 0 Å². The van der Waals surface area contributed by atoms with Crippen LogP contribution in [-0.4, -0.2) is 29.0 Å². The van der Waals surface area contributed by atoms with Crippen LogP contribution in [-0.2, 0) is 0 Å². The number of non-ortho nitro benzene ring substituents is 1. The minimum Gasteiger partial charge on any atom is -0.299 e. The Morgan fingerprint density at radius 1 is 1.53 bits per heavy atom. The third-order valence-electron chi connectivity index (χ3n) is 3.78. The van der Waals surface area contributed by atoms with Crippen molar-refractivity contribution in [1.29, 1.82) is 0 Å². The number of nitro benzene ring substituents is 1. The highest BCUT2D eigenvalue weighted by atomic mass is 35.5. The monoisotopic (exact) mass is 282 g/mol. The Labute approximate surface area is 118 Å². The molecule has 0 spiro atoms. The van der Waals surface area contributed by atoms with Crippen molar-refractivity contribution < 1.29 is 4.92 Å². The van der Waals surface area contributed by atoms with E-state index in [1.807, 2.05) is 6.07 Å². The number of nitrogens with zero attached hydrogens (tertiary/aromatic N) is 2. The zero-order valence-corrected chi connectivity index (χ0v) is 11.8. The topological polar surface area (TPSA) is 46.4 Å². The quantitative estimate of drug-likeness (QED) is 0.480. The predicted molar refractivity (Wildman–Crippen MR) is 76.6 cm³/mol. The van der Waals surface area contributed by atoms with E-state index in [-0.39, 0.29) is 16.0 Å². The van der Waals surface area contributed by atoms with Gasteiger partial charge in [0.1, 0.15) is 0 Å². The van der Waals surface area contributed by atoms with Gasteiger partial charge in [0.05, 0.1) is 10.3 Å². The number of alkyl halides is 1. The Hall–Kier alpha value is -1.13. The first-order valence-electron chi connectivity index (χ1n) is 6.70. The van der Waals surface area contributed by atoms with Crippen LogP contribution in [0.15, 0.2) is 24.3 Å². The van der Waals surface area contributed by atoms with E-state index >= 15 is 0 Å². The normalized spacial score (nSPS) is 22.1. The van der Waals surface area contributed by atoms with Crippen molar-refractivity contribution in [2.24, 2.45) is 0 Å². The molecule has 2 atom stereocenters. The van der Waals surface area contributed by atoms with Crippen molar-refractivity contribution in [2.45, 2.75) is 37.6 Å². The smallest absolute Gasteiger partial charge is 0.269 e. The van der Waals surface area contributed by atoms with E-state index in [0.717, 1.165) is 18.7 Å². The summed E-state index contributed by atoms with van der Waals surface area (Å²) >= 11 is 6.42. The highest BCUT2D eigenvalue weighted by molar-refractivity contribution is 6.21. The minimum atomic E-state index is -0.378. The van der Waals surface area contributed by atoms with E-state index in [4.69, 9.17) is 11.6 Å². The molecule has 1 saturated heterocycles. The van der Waals surface area contributed by atoms with Gasteiger partial charge in [0.25, 0.3) is 5.69 Å². The molecule has 4 nitrogen and oxygen atoms in total. The number of halogens is 1. The Bertz CT molecular complexity index is 453. The van der Waals surface area contributed by atoms with Gasteiger partial charge < -0.3 is 0 Å². The summed E-state index contributed by atoms with van der Waals surface area (Å²) in [5.41, 5.74) is 0.934. The van der Waals surface area contributed by atoms with Crippen LogP contribution in [0.5, 0.6) is 0 Å². The van der Waals surface area contributed by atoms with Crippen LogP contribution in [0.3, 0.4) is 0 Å². The lowest BCUT2D eigenvalue weighted by molar-refractivity contribution is -0.384. The number of hydrogen-bond acceptors (Lipinski definition) is 3. The van der Waals surface area contributed by atoms with Gasteiger partial charge in [-0.15, -0.1) is 11.6 Å². The second kappa shape index (κ2) is 6.35. The minimum absolute atomic E-state index is 0.106. The SMILES string of the molecule is CC1CCCCN1CC(Cl)c1cccc([N+](=O)[O-])c1. The fourth-order valence-corrected chi connectivity index (χ4v) is 2.89. The molecule has 1 aliphatic rings. The summed E-state index contributed by atoms with van der Waals surface area (Å²) in [7, 11) is 0. The number of hydrogen-bond donors (Lipinski definition) is 0. The van der Waals surface area contributed by atoms with E-state index in [2.05, 4.69) is 11.8 Å². The molecule has 2 rings (SSSR count). The molecule has 1 aliphatic heterocycles. The predicted octanol–water partition coefficient (Wildman–Crippen LogP) is 3.75. The fourth-order valence-electron chi connectivity index (χ4n) is 2.57. The first kappa shape index (κ1) is 14.3. The molecular weight excluding hydrogens is 264 g/mol. The first-order valence-corrected chi connectivity index (χ1v) is 7.14. The maximum atomic E-state index is 10.8. The lowest BCUT2D eigenvalue weighted by Gasteiger charge is -2.34. The Morgan fingerprint density at radius 2 is 2.32 bits per heavy atom. The Kier molecular flexibility index (Phi) is 4.77. The standard InChI is InChI=1S/C14H19ClN2O2/c1-11-5-2-3-8-16(11)10-14(15)12-6-4-7-13(9-12)17(18)19/h4,6-7,9,11,14H,2-3,5,8,10H2,1H3. The zero-order valence-electron chi connectivity index (χ0n) is 11.1. The van der Waals surface area contributed by atoms with E-state index < -0.39 is 0 Å². The van der Waals surface area contributed by atoms with Gasteiger partial charge in [-0.05, 0) is 31.9 Å². The van der Waals surface area contributed by atoms with Gasteiger partial charge in [-0.2, -0.15) is 0 Å². The largest absolute Gasteiger partial charge is 0.299 e. The van der Waals surface area contributed by atoms with Crippen molar-refractivity contribution in [2.75, 3.05) is 13.1 Å². The summed E-state index contributed by atoms with van der Waals surface area (Å²) in [6.45, 7) is 4.04. The van der Waals surface area contributed by atoms with Crippen molar-refractivity contribution in [3.63, 3.8) is 0 Å². The van der Waals surface area contributed by atoms with Crippen LogP contribution in [0.1, 0.15) is 37.1 Å². The number of piperidine rings is 1. The van der Waals surface area contributed by atoms with Crippen molar-refractivity contribution in [1.82, 2.24) is 4.90 Å². The Morgan fingerprint density at radius 3 is 3.00 bits per heavy atom. The van der Waals surface area contributed by atoms with Crippen LogP contribution in [0.2, 0.25) is 0 Å². The summed E-state index contributed by atoms with van der Waals surface area (Å²) in [5, 5.41) is 10.6. The summed E-state index contributed by atoms with van der Waals surface area (Å²) in [6, 6.07) is 7.18. The molecule has 1 fully saturated rings. The lowest BCUT2D eigenvalue weighted by Crippen LogP contribution is -2.39. The molecular formula is C14H19ClN2O2. The molecule has 0 bridgehead atoms. The van der Waals surface area contributed by atoms with Crippen LogP contribution >= 0.6 is 11.6 Å². The highest BCUT2D eigenvalue weighted by Gasteiger charge is 2.22. The van der Waals surface area contributed by atoms with Gasteiger partial charge in [-0.1, -0.05) is 18.6 Å². The lowest BCUT2D eigenvalue weighted by atomic mass is 10.0. The van der Waals surface area contributed by atoms with Crippen LogP contribution < -0.4 is 0 Å². The molecule has 0 amide bonds. The molecule has 0 saturated carbocycles. The van der Waals surface area contributed by atoms with Crippen LogP contribution in [0.4, 0.5) is 5.69 Å². The molecule has 0 N–H and O–H groups in total. The first-order chi connectivity index (χ1) is 9.08. The second-order valence-corrected chi connectivity index (χ2v) is 5.69. The van der Waals surface area contributed by atoms with Crippen LogP contribution in [0, 0.1) is 10.1 Å². The fraction of sp³-hybridized carbons (Fsp3) is 0.571. The molecule has 1 heterocycles. The van der Waals surface area contributed by atoms with Gasteiger partial charge in [0, 0.05) is 24.7 Å². The zero-order chi connectivity index (χ0) is 13.8.